The second-order valence-corrected chi connectivity index (χ2v) is 4.84. The van der Waals surface area contributed by atoms with Gasteiger partial charge in [0.15, 0.2) is 0 Å². The Balaban J connectivity index is 1.92. The van der Waals surface area contributed by atoms with Crippen LogP contribution < -0.4 is 15.5 Å². The van der Waals surface area contributed by atoms with Crippen LogP contribution in [-0.2, 0) is 9.59 Å². The Morgan fingerprint density at radius 3 is 2.48 bits per heavy atom. The number of rotatable bonds is 4. The van der Waals surface area contributed by atoms with Crippen LogP contribution in [0.1, 0.15) is 5.56 Å². The fourth-order valence-corrected chi connectivity index (χ4v) is 1.83. The summed E-state index contributed by atoms with van der Waals surface area (Å²) in [6.07, 6.45) is 1.40. The summed E-state index contributed by atoms with van der Waals surface area (Å²) in [5.41, 5.74) is 3.29. The summed E-state index contributed by atoms with van der Waals surface area (Å²) >= 11 is 5.74. The summed E-state index contributed by atoms with van der Waals surface area (Å²) in [6.45, 7) is 0. The molecule has 2 aromatic rings. The number of amides is 2. The molecule has 0 unspecified atom stereocenters. The average Bonchev–Trinajstić information content (AvgIpc) is 2.57. The van der Waals surface area contributed by atoms with Crippen LogP contribution in [0.2, 0.25) is 5.02 Å². The molecule has 0 heterocycles. The topological polar surface area (TPSA) is 79.8 Å². The Kier molecular flexibility index (Phi) is 5.71. The molecule has 0 spiro atoms. The van der Waals surface area contributed by atoms with Crippen molar-refractivity contribution < 1.29 is 14.3 Å². The predicted octanol–water partition coefficient (Wildman–Crippen LogP) is 2.44. The third-order valence-corrected chi connectivity index (χ3v) is 3.07. The number of halogens is 1. The average molecular weight is 332 g/mol. The Morgan fingerprint density at radius 2 is 1.78 bits per heavy atom. The second-order valence-electron chi connectivity index (χ2n) is 4.40. The Labute approximate surface area is 138 Å². The van der Waals surface area contributed by atoms with Gasteiger partial charge in [0, 0.05) is 16.3 Å². The van der Waals surface area contributed by atoms with Gasteiger partial charge in [-0.05, 0) is 36.4 Å². The maximum absolute atomic E-state index is 11.7. The van der Waals surface area contributed by atoms with Gasteiger partial charge in [0.2, 0.25) is 0 Å². The molecule has 0 radical (unpaired) electrons. The summed E-state index contributed by atoms with van der Waals surface area (Å²) in [5.74, 6) is -1.10. The summed E-state index contributed by atoms with van der Waals surface area (Å²) < 4.78 is 5.14. The molecule has 0 atom stereocenters. The molecule has 118 valence electrons. The number of carbonyl (C=O) groups excluding carboxylic acids is 2. The lowest BCUT2D eigenvalue weighted by molar-refractivity contribution is -0.136. The summed E-state index contributed by atoms with van der Waals surface area (Å²) in [7, 11) is 1.53. The number of benzene rings is 2. The first-order valence-electron chi connectivity index (χ1n) is 6.63. The lowest BCUT2D eigenvalue weighted by Gasteiger charge is -2.04. The largest absolute Gasteiger partial charge is 0.496 e. The molecule has 2 rings (SSSR count). The van der Waals surface area contributed by atoms with E-state index in [1.165, 1.54) is 13.3 Å². The molecule has 0 aliphatic heterocycles. The van der Waals surface area contributed by atoms with E-state index < -0.39 is 11.8 Å². The molecule has 2 N–H and O–H groups in total. The van der Waals surface area contributed by atoms with Crippen molar-refractivity contribution in [2.75, 3.05) is 12.4 Å². The summed E-state index contributed by atoms with van der Waals surface area (Å²) in [4.78, 5) is 23.4. The Morgan fingerprint density at radius 1 is 1.09 bits per heavy atom. The number of ether oxygens (including phenoxy) is 1. The van der Waals surface area contributed by atoms with E-state index in [9.17, 15) is 9.59 Å². The van der Waals surface area contributed by atoms with E-state index in [2.05, 4.69) is 15.8 Å². The molecule has 0 saturated carbocycles. The summed E-state index contributed by atoms with van der Waals surface area (Å²) in [5, 5.41) is 6.71. The van der Waals surface area contributed by atoms with Gasteiger partial charge < -0.3 is 10.1 Å². The van der Waals surface area contributed by atoms with E-state index in [4.69, 9.17) is 16.3 Å². The van der Waals surface area contributed by atoms with Crippen molar-refractivity contribution in [3.8, 4) is 5.75 Å². The Hall–Kier alpha value is -2.86. The molecule has 0 fully saturated rings. The highest BCUT2D eigenvalue weighted by Gasteiger charge is 2.12. The molecular formula is C16H14ClN3O3. The summed E-state index contributed by atoms with van der Waals surface area (Å²) in [6, 6.07) is 13.5. The van der Waals surface area contributed by atoms with Crippen LogP contribution in [0.25, 0.3) is 0 Å². The van der Waals surface area contributed by atoms with Crippen LogP contribution in [0, 0.1) is 0 Å². The van der Waals surface area contributed by atoms with E-state index in [1.54, 1.807) is 42.5 Å². The number of hydrogen-bond donors (Lipinski definition) is 2. The molecule has 2 amide bonds. The first kappa shape index (κ1) is 16.5. The van der Waals surface area contributed by atoms with Crippen molar-refractivity contribution in [1.29, 1.82) is 0 Å². The molecule has 0 aromatic heterocycles. The monoisotopic (exact) mass is 331 g/mol. The number of nitrogens with zero attached hydrogens (tertiary/aromatic N) is 1. The minimum Gasteiger partial charge on any atom is -0.496 e. The minimum absolute atomic E-state index is 0.461. The SMILES string of the molecule is COc1ccccc1C=NNC(=O)C(=O)Nc1ccc(Cl)cc1. The molecular weight excluding hydrogens is 318 g/mol. The van der Waals surface area contributed by atoms with Crippen molar-refractivity contribution in [3.05, 3.63) is 59.1 Å². The first-order chi connectivity index (χ1) is 11.1. The zero-order valence-electron chi connectivity index (χ0n) is 12.2. The molecule has 0 aliphatic rings. The van der Waals surface area contributed by atoms with E-state index in [0.717, 1.165) is 0 Å². The third-order valence-electron chi connectivity index (χ3n) is 2.82. The van der Waals surface area contributed by atoms with E-state index in [1.807, 2.05) is 6.07 Å². The van der Waals surface area contributed by atoms with Crippen LogP contribution in [0.3, 0.4) is 0 Å². The maximum Gasteiger partial charge on any atom is 0.329 e. The fraction of sp³-hybridized carbons (Fsp3) is 0.0625. The highest BCUT2D eigenvalue weighted by atomic mass is 35.5. The van der Waals surface area contributed by atoms with E-state index in [0.29, 0.717) is 22.0 Å². The molecule has 0 saturated heterocycles. The van der Waals surface area contributed by atoms with Crippen LogP contribution in [0.15, 0.2) is 53.6 Å². The first-order valence-corrected chi connectivity index (χ1v) is 7.01. The third kappa shape index (κ3) is 4.82. The molecule has 0 bridgehead atoms. The zero-order valence-corrected chi connectivity index (χ0v) is 13.0. The van der Waals surface area contributed by atoms with Gasteiger partial charge in [-0.3, -0.25) is 9.59 Å². The van der Waals surface area contributed by atoms with Crippen LogP contribution in [0.4, 0.5) is 5.69 Å². The van der Waals surface area contributed by atoms with E-state index >= 15 is 0 Å². The van der Waals surface area contributed by atoms with Gasteiger partial charge in [0.1, 0.15) is 5.75 Å². The normalized spacial score (nSPS) is 10.3. The number of nitrogens with one attached hydrogen (secondary N) is 2. The number of carbonyl (C=O) groups is 2. The number of anilines is 1. The smallest absolute Gasteiger partial charge is 0.329 e. The van der Waals surface area contributed by atoms with Crippen LogP contribution in [-0.4, -0.2) is 25.1 Å². The zero-order chi connectivity index (χ0) is 16.7. The van der Waals surface area contributed by atoms with Gasteiger partial charge in [0.25, 0.3) is 0 Å². The van der Waals surface area contributed by atoms with Gasteiger partial charge in [0.05, 0.1) is 13.3 Å². The molecule has 23 heavy (non-hydrogen) atoms. The quantitative estimate of drug-likeness (QED) is 0.513. The van der Waals surface area contributed by atoms with Crippen molar-refractivity contribution in [2.24, 2.45) is 5.10 Å². The van der Waals surface area contributed by atoms with Crippen molar-refractivity contribution in [3.63, 3.8) is 0 Å². The van der Waals surface area contributed by atoms with Gasteiger partial charge in [-0.1, -0.05) is 23.7 Å². The fourth-order valence-electron chi connectivity index (χ4n) is 1.71. The highest BCUT2D eigenvalue weighted by molar-refractivity contribution is 6.39. The number of hydrogen-bond acceptors (Lipinski definition) is 4. The predicted molar refractivity (Wildman–Crippen MR) is 88.8 cm³/mol. The van der Waals surface area contributed by atoms with Crippen molar-refractivity contribution in [2.45, 2.75) is 0 Å². The Bertz CT molecular complexity index is 730. The van der Waals surface area contributed by atoms with E-state index in [-0.39, 0.29) is 0 Å². The highest BCUT2D eigenvalue weighted by Crippen LogP contribution is 2.14. The molecule has 2 aromatic carbocycles. The van der Waals surface area contributed by atoms with Crippen molar-refractivity contribution in [1.82, 2.24) is 5.43 Å². The van der Waals surface area contributed by atoms with Gasteiger partial charge in [-0.2, -0.15) is 5.10 Å². The number of hydrazone groups is 1. The molecule has 0 aliphatic carbocycles. The molecule has 6 nitrogen and oxygen atoms in total. The lowest BCUT2D eigenvalue weighted by Crippen LogP contribution is -2.32. The lowest BCUT2D eigenvalue weighted by atomic mass is 10.2. The van der Waals surface area contributed by atoms with Gasteiger partial charge >= 0.3 is 11.8 Å². The number of methoxy groups -OCH3 is 1. The molecule has 7 heteroatoms. The van der Waals surface area contributed by atoms with Crippen LogP contribution >= 0.6 is 11.6 Å². The maximum atomic E-state index is 11.7. The van der Waals surface area contributed by atoms with Gasteiger partial charge in [-0.25, -0.2) is 5.43 Å². The second kappa shape index (κ2) is 7.95. The van der Waals surface area contributed by atoms with Gasteiger partial charge in [-0.15, -0.1) is 0 Å². The van der Waals surface area contributed by atoms with Crippen LogP contribution in [0.5, 0.6) is 5.75 Å². The standard InChI is InChI=1S/C16H14ClN3O3/c1-23-14-5-3-2-4-11(14)10-18-20-16(22)15(21)19-13-8-6-12(17)7-9-13/h2-10H,1H3,(H,19,21)(H,20,22). The number of para-hydroxylation sites is 1. The van der Waals surface area contributed by atoms with Crippen molar-refractivity contribution >= 4 is 35.3 Å². The minimum atomic E-state index is -0.883.